The standard InChI is InChI=1S/C14H18N2O/c1-11(9-10-15)16-13(17)14(2,3)12-7-5-4-6-8-12/h4-8,11H,9H2,1-3H3,(H,16,17). The van der Waals surface area contributed by atoms with Gasteiger partial charge in [-0.1, -0.05) is 30.3 Å². The van der Waals surface area contributed by atoms with Crippen molar-refractivity contribution in [3.8, 4) is 6.07 Å². The van der Waals surface area contributed by atoms with Crippen molar-refractivity contribution in [2.45, 2.75) is 38.6 Å². The molecule has 0 aromatic heterocycles. The average Bonchev–Trinajstić information content (AvgIpc) is 2.30. The van der Waals surface area contributed by atoms with Crippen molar-refractivity contribution in [3.63, 3.8) is 0 Å². The van der Waals surface area contributed by atoms with E-state index in [4.69, 9.17) is 5.26 Å². The van der Waals surface area contributed by atoms with Crippen LogP contribution in [0.1, 0.15) is 32.8 Å². The first-order chi connectivity index (χ1) is 7.98. The lowest BCUT2D eigenvalue weighted by atomic mass is 9.83. The molecule has 3 nitrogen and oxygen atoms in total. The predicted octanol–water partition coefficient (Wildman–Crippen LogP) is 2.38. The number of nitrogens with zero attached hydrogens (tertiary/aromatic N) is 1. The SMILES string of the molecule is CC(CC#N)NC(=O)C(C)(C)c1ccccc1. The Kier molecular flexibility index (Phi) is 4.28. The predicted molar refractivity (Wildman–Crippen MR) is 67.3 cm³/mol. The number of hydrogen-bond donors (Lipinski definition) is 1. The summed E-state index contributed by atoms with van der Waals surface area (Å²) in [4.78, 5) is 12.1. The zero-order chi connectivity index (χ0) is 12.9. The van der Waals surface area contributed by atoms with E-state index < -0.39 is 5.41 Å². The third kappa shape index (κ3) is 3.32. The lowest BCUT2D eigenvalue weighted by molar-refractivity contribution is -0.126. The van der Waals surface area contributed by atoms with Crippen LogP contribution in [0.5, 0.6) is 0 Å². The van der Waals surface area contributed by atoms with E-state index in [9.17, 15) is 4.79 Å². The molecule has 1 atom stereocenters. The smallest absolute Gasteiger partial charge is 0.230 e. The van der Waals surface area contributed by atoms with E-state index >= 15 is 0 Å². The molecule has 0 heterocycles. The van der Waals surface area contributed by atoms with Gasteiger partial charge in [0, 0.05) is 6.04 Å². The maximum absolute atomic E-state index is 12.1. The summed E-state index contributed by atoms with van der Waals surface area (Å²) >= 11 is 0. The summed E-state index contributed by atoms with van der Waals surface area (Å²) in [6, 6.07) is 11.6. The zero-order valence-corrected chi connectivity index (χ0v) is 10.5. The van der Waals surface area contributed by atoms with Gasteiger partial charge in [-0.15, -0.1) is 0 Å². The molecule has 0 aliphatic carbocycles. The molecule has 1 N–H and O–H groups in total. The fourth-order valence-electron chi connectivity index (χ4n) is 1.58. The van der Waals surface area contributed by atoms with E-state index in [0.29, 0.717) is 6.42 Å². The molecule has 1 unspecified atom stereocenters. The molecule has 1 aromatic rings. The van der Waals surface area contributed by atoms with Gasteiger partial charge in [0.1, 0.15) is 0 Å². The molecule has 0 saturated heterocycles. The van der Waals surface area contributed by atoms with E-state index in [1.165, 1.54) is 0 Å². The van der Waals surface area contributed by atoms with Crippen LogP contribution in [0.4, 0.5) is 0 Å². The lowest BCUT2D eigenvalue weighted by Crippen LogP contribution is -2.44. The number of carbonyl (C=O) groups excluding carboxylic acids is 1. The van der Waals surface area contributed by atoms with Crippen molar-refractivity contribution in [2.75, 3.05) is 0 Å². The van der Waals surface area contributed by atoms with Gasteiger partial charge in [0.25, 0.3) is 0 Å². The van der Waals surface area contributed by atoms with E-state index in [1.807, 2.05) is 57.2 Å². The summed E-state index contributed by atoms with van der Waals surface area (Å²) in [7, 11) is 0. The molecule has 0 aliphatic rings. The van der Waals surface area contributed by atoms with Crippen molar-refractivity contribution < 1.29 is 4.79 Å². The quantitative estimate of drug-likeness (QED) is 0.863. The van der Waals surface area contributed by atoms with Crippen molar-refractivity contribution in [2.24, 2.45) is 0 Å². The maximum Gasteiger partial charge on any atom is 0.230 e. The summed E-state index contributed by atoms with van der Waals surface area (Å²) < 4.78 is 0. The Balaban J connectivity index is 2.78. The topological polar surface area (TPSA) is 52.9 Å². The minimum Gasteiger partial charge on any atom is -0.352 e. The number of hydrogen-bond acceptors (Lipinski definition) is 2. The Labute approximate surface area is 102 Å². The third-order valence-corrected chi connectivity index (χ3v) is 2.84. The molecule has 1 rings (SSSR count). The summed E-state index contributed by atoms with van der Waals surface area (Å²) in [5, 5.41) is 11.4. The summed E-state index contributed by atoms with van der Waals surface area (Å²) in [5.41, 5.74) is 0.395. The van der Waals surface area contributed by atoms with Gasteiger partial charge >= 0.3 is 0 Å². The van der Waals surface area contributed by atoms with Crippen LogP contribution in [0.15, 0.2) is 30.3 Å². The van der Waals surface area contributed by atoms with Gasteiger partial charge < -0.3 is 5.32 Å². The largest absolute Gasteiger partial charge is 0.352 e. The van der Waals surface area contributed by atoms with Gasteiger partial charge in [0.2, 0.25) is 5.91 Å². The highest BCUT2D eigenvalue weighted by molar-refractivity contribution is 5.87. The second-order valence-electron chi connectivity index (χ2n) is 4.73. The van der Waals surface area contributed by atoms with Gasteiger partial charge in [-0.2, -0.15) is 5.26 Å². The highest BCUT2D eigenvalue weighted by Crippen LogP contribution is 2.23. The highest BCUT2D eigenvalue weighted by Gasteiger charge is 2.30. The molecule has 90 valence electrons. The molecule has 0 spiro atoms. The van der Waals surface area contributed by atoms with Crippen LogP contribution < -0.4 is 5.32 Å². The first-order valence-electron chi connectivity index (χ1n) is 5.72. The van der Waals surface area contributed by atoms with Gasteiger partial charge in [-0.3, -0.25) is 4.79 Å². The Hall–Kier alpha value is -1.82. The van der Waals surface area contributed by atoms with Crippen LogP contribution in [-0.2, 0) is 10.2 Å². The number of rotatable bonds is 4. The molecular weight excluding hydrogens is 212 g/mol. The molecule has 0 saturated carbocycles. The van der Waals surface area contributed by atoms with E-state index in [1.54, 1.807) is 0 Å². The molecule has 0 radical (unpaired) electrons. The molecule has 17 heavy (non-hydrogen) atoms. The van der Waals surface area contributed by atoms with Gasteiger partial charge in [-0.25, -0.2) is 0 Å². The second kappa shape index (κ2) is 5.49. The highest BCUT2D eigenvalue weighted by atomic mass is 16.2. The first-order valence-corrected chi connectivity index (χ1v) is 5.72. The molecule has 3 heteroatoms. The fraction of sp³-hybridized carbons (Fsp3) is 0.429. The van der Waals surface area contributed by atoms with Crippen molar-refractivity contribution in [1.82, 2.24) is 5.32 Å². The van der Waals surface area contributed by atoms with E-state index in [-0.39, 0.29) is 11.9 Å². The Morgan fingerprint density at radius 2 is 2.00 bits per heavy atom. The van der Waals surface area contributed by atoms with Crippen LogP contribution >= 0.6 is 0 Å². The second-order valence-corrected chi connectivity index (χ2v) is 4.73. The van der Waals surface area contributed by atoms with Crippen molar-refractivity contribution in [1.29, 1.82) is 5.26 Å². The minimum absolute atomic E-state index is 0.0496. The summed E-state index contributed by atoms with van der Waals surface area (Å²) in [6.45, 7) is 5.61. The third-order valence-electron chi connectivity index (χ3n) is 2.84. The fourth-order valence-corrected chi connectivity index (χ4v) is 1.58. The lowest BCUT2D eigenvalue weighted by Gasteiger charge is -2.25. The summed E-state index contributed by atoms with van der Waals surface area (Å²) in [6.07, 6.45) is 0.330. The van der Waals surface area contributed by atoms with Crippen LogP contribution in [0.25, 0.3) is 0 Å². The zero-order valence-electron chi connectivity index (χ0n) is 10.5. The minimum atomic E-state index is -0.578. The van der Waals surface area contributed by atoms with Crippen LogP contribution in [0, 0.1) is 11.3 Å². The van der Waals surface area contributed by atoms with E-state index in [0.717, 1.165) is 5.56 Å². The molecule has 0 bridgehead atoms. The van der Waals surface area contributed by atoms with Crippen LogP contribution in [0.3, 0.4) is 0 Å². The van der Waals surface area contributed by atoms with Gasteiger partial charge in [0.05, 0.1) is 17.9 Å². The molecule has 1 amide bonds. The number of amides is 1. The molecule has 0 fully saturated rings. The number of nitriles is 1. The van der Waals surface area contributed by atoms with Crippen LogP contribution in [0.2, 0.25) is 0 Å². The van der Waals surface area contributed by atoms with Crippen molar-refractivity contribution in [3.05, 3.63) is 35.9 Å². The van der Waals surface area contributed by atoms with Crippen LogP contribution in [-0.4, -0.2) is 11.9 Å². The summed E-state index contributed by atoms with van der Waals surface area (Å²) in [5.74, 6) is -0.0496. The monoisotopic (exact) mass is 230 g/mol. The number of carbonyl (C=O) groups is 1. The van der Waals surface area contributed by atoms with Crippen molar-refractivity contribution >= 4 is 5.91 Å². The molecule has 0 aliphatic heterocycles. The van der Waals surface area contributed by atoms with E-state index in [2.05, 4.69) is 5.32 Å². The van der Waals surface area contributed by atoms with Gasteiger partial charge in [0.15, 0.2) is 0 Å². The van der Waals surface area contributed by atoms with Gasteiger partial charge in [-0.05, 0) is 26.3 Å². The number of nitrogens with one attached hydrogen (secondary N) is 1. The molecule has 1 aromatic carbocycles. The Morgan fingerprint density at radius 3 is 2.53 bits per heavy atom. The first kappa shape index (κ1) is 13.2. The Morgan fingerprint density at radius 1 is 1.41 bits per heavy atom. The molecular formula is C14H18N2O. The maximum atomic E-state index is 12.1. The normalized spacial score (nSPS) is 12.6. The Bertz CT molecular complexity index is 418. The average molecular weight is 230 g/mol. The number of benzene rings is 1.